The van der Waals surface area contributed by atoms with Crippen LogP contribution in [0.4, 0.5) is 17.3 Å². The van der Waals surface area contributed by atoms with Crippen LogP contribution in [0.3, 0.4) is 0 Å². The lowest BCUT2D eigenvalue weighted by Gasteiger charge is -2.09. The topological polar surface area (TPSA) is 49.8 Å². The Morgan fingerprint density at radius 2 is 1.79 bits per heavy atom. The lowest BCUT2D eigenvalue weighted by atomic mass is 10.3. The number of hydrogen-bond donors (Lipinski definition) is 2. The van der Waals surface area contributed by atoms with E-state index in [-0.39, 0.29) is 0 Å². The van der Waals surface area contributed by atoms with E-state index in [2.05, 4.69) is 51.1 Å². The fraction of sp³-hybridized carbons (Fsp3) is 0.286. The molecule has 0 aliphatic heterocycles. The summed E-state index contributed by atoms with van der Waals surface area (Å²) in [4.78, 5) is 10.1. The number of nitrogens with one attached hydrogen (secondary N) is 2. The fourth-order valence-corrected chi connectivity index (χ4v) is 2.08. The van der Waals surface area contributed by atoms with E-state index in [0.717, 1.165) is 29.6 Å². The highest BCUT2D eigenvalue weighted by atomic mass is 32.2. The smallest absolute Gasteiger partial charge is 0.136 e. The van der Waals surface area contributed by atoms with E-state index in [1.807, 2.05) is 20.0 Å². The maximum atomic E-state index is 4.47. The number of rotatable bonds is 5. The van der Waals surface area contributed by atoms with Crippen LogP contribution in [0.25, 0.3) is 0 Å². The van der Waals surface area contributed by atoms with Crippen molar-refractivity contribution in [3.63, 3.8) is 0 Å². The molecule has 100 valence electrons. The van der Waals surface area contributed by atoms with Gasteiger partial charge in [0.15, 0.2) is 0 Å². The van der Waals surface area contributed by atoms with Crippen molar-refractivity contribution < 1.29 is 0 Å². The molecule has 0 aliphatic carbocycles. The van der Waals surface area contributed by atoms with Crippen molar-refractivity contribution in [2.75, 3.05) is 23.9 Å². The quantitative estimate of drug-likeness (QED) is 0.817. The van der Waals surface area contributed by atoms with Crippen molar-refractivity contribution in [3.05, 3.63) is 36.2 Å². The standard InChI is InChI=1S/C14H18N4S/c1-4-12-17-13(15-2)9-14(18-12)16-10-5-7-11(19-3)8-6-10/h5-9H,4H2,1-3H3,(H2,15,16,17,18). The number of aromatic nitrogens is 2. The molecule has 0 bridgehead atoms. The highest BCUT2D eigenvalue weighted by molar-refractivity contribution is 7.98. The van der Waals surface area contributed by atoms with Crippen molar-refractivity contribution in [3.8, 4) is 0 Å². The summed E-state index contributed by atoms with van der Waals surface area (Å²) in [6.07, 6.45) is 2.88. The van der Waals surface area contributed by atoms with Gasteiger partial charge in [-0.2, -0.15) is 0 Å². The summed E-state index contributed by atoms with van der Waals surface area (Å²) in [5.74, 6) is 2.47. The SMILES string of the molecule is CCc1nc(NC)cc(Nc2ccc(SC)cc2)n1. The van der Waals surface area contributed by atoms with Crippen LogP contribution in [0.15, 0.2) is 35.2 Å². The van der Waals surface area contributed by atoms with Crippen LogP contribution in [-0.2, 0) is 6.42 Å². The van der Waals surface area contributed by atoms with Gasteiger partial charge < -0.3 is 10.6 Å². The molecule has 0 unspecified atom stereocenters. The fourth-order valence-electron chi connectivity index (χ4n) is 1.67. The second-order valence-electron chi connectivity index (χ2n) is 4.01. The van der Waals surface area contributed by atoms with Crippen LogP contribution in [0.2, 0.25) is 0 Å². The van der Waals surface area contributed by atoms with E-state index >= 15 is 0 Å². The van der Waals surface area contributed by atoms with Gasteiger partial charge in [0.2, 0.25) is 0 Å². The first-order chi connectivity index (χ1) is 9.25. The Labute approximate surface area is 118 Å². The van der Waals surface area contributed by atoms with Gasteiger partial charge >= 0.3 is 0 Å². The summed E-state index contributed by atoms with van der Waals surface area (Å²) in [5.41, 5.74) is 1.03. The van der Waals surface area contributed by atoms with Crippen molar-refractivity contribution in [2.24, 2.45) is 0 Å². The zero-order chi connectivity index (χ0) is 13.7. The van der Waals surface area contributed by atoms with Gasteiger partial charge in [0.05, 0.1) is 0 Å². The normalized spacial score (nSPS) is 10.3. The number of hydrogen-bond acceptors (Lipinski definition) is 5. The van der Waals surface area contributed by atoms with Gasteiger partial charge in [-0.05, 0) is 30.5 Å². The largest absolute Gasteiger partial charge is 0.373 e. The Balaban J connectivity index is 2.21. The monoisotopic (exact) mass is 274 g/mol. The molecule has 0 fully saturated rings. The molecule has 2 rings (SSSR count). The summed E-state index contributed by atoms with van der Waals surface area (Å²) < 4.78 is 0. The van der Waals surface area contributed by atoms with E-state index in [1.165, 1.54) is 4.90 Å². The molecule has 19 heavy (non-hydrogen) atoms. The molecule has 0 radical (unpaired) electrons. The zero-order valence-electron chi connectivity index (χ0n) is 11.4. The molecular formula is C14H18N4S. The molecule has 0 spiro atoms. The van der Waals surface area contributed by atoms with Crippen molar-refractivity contribution in [1.29, 1.82) is 0 Å². The maximum absolute atomic E-state index is 4.47. The summed E-state index contributed by atoms with van der Waals surface area (Å²) in [6, 6.07) is 10.2. The Hall–Kier alpha value is -1.75. The van der Waals surface area contributed by atoms with E-state index in [9.17, 15) is 0 Å². The second-order valence-corrected chi connectivity index (χ2v) is 4.89. The van der Waals surface area contributed by atoms with E-state index in [4.69, 9.17) is 0 Å². The predicted molar refractivity (Wildman–Crippen MR) is 82.5 cm³/mol. The molecule has 2 N–H and O–H groups in total. The third kappa shape index (κ3) is 3.61. The van der Waals surface area contributed by atoms with Crippen LogP contribution in [0, 0.1) is 0 Å². The van der Waals surface area contributed by atoms with Crippen molar-refractivity contribution in [1.82, 2.24) is 9.97 Å². The first-order valence-corrected chi connectivity index (χ1v) is 7.44. The Morgan fingerprint density at radius 1 is 1.11 bits per heavy atom. The molecule has 4 nitrogen and oxygen atoms in total. The number of benzene rings is 1. The van der Waals surface area contributed by atoms with Gasteiger partial charge in [-0.25, -0.2) is 9.97 Å². The molecule has 1 aromatic heterocycles. The van der Waals surface area contributed by atoms with Crippen molar-refractivity contribution >= 4 is 29.1 Å². The van der Waals surface area contributed by atoms with Gasteiger partial charge in [0.25, 0.3) is 0 Å². The molecule has 0 aliphatic rings. The highest BCUT2D eigenvalue weighted by Crippen LogP contribution is 2.21. The minimum absolute atomic E-state index is 0.813. The number of thioether (sulfide) groups is 1. The van der Waals surface area contributed by atoms with Crippen LogP contribution < -0.4 is 10.6 Å². The minimum Gasteiger partial charge on any atom is -0.373 e. The molecule has 0 saturated carbocycles. The Morgan fingerprint density at radius 3 is 2.37 bits per heavy atom. The zero-order valence-corrected chi connectivity index (χ0v) is 12.2. The molecular weight excluding hydrogens is 256 g/mol. The predicted octanol–water partition coefficient (Wildman–Crippen LogP) is 3.55. The van der Waals surface area contributed by atoms with Gasteiger partial charge in [0, 0.05) is 30.1 Å². The van der Waals surface area contributed by atoms with E-state index < -0.39 is 0 Å². The summed E-state index contributed by atoms with van der Waals surface area (Å²) in [6.45, 7) is 2.05. The van der Waals surface area contributed by atoms with Gasteiger partial charge in [0.1, 0.15) is 17.5 Å². The molecule has 1 aromatic carbocycles. The van der Waals surface area contributed by atoms with E-state index in [1.54, 1.807) is 11.8 Å². The van der Waals surface area contributed by atoms with Crippen LogP contribution in [0.1, 0.15) is 12.7 Å². The number of nitrogens with zero attached hydrogens (tertiary/aromatic N) is 2. The lowest BCUT2D eigenvalue weighted by Crippen LogP contribution is -2.03. The van der Waals surface area contributed by atoms with E-state index in [0.29, 0.717) is 0 Å². The third-order valence-corrected chi connectivity index (χ3v) is 3.45. The maximum Gasteiger partial charge on any atom is 0.136 e. The Kier molecular flexibility index (Phi) is 4.63. The van der Waals surface area contributed by atoms with Gasteiger partial charge in [-0.15, -0.1) is 11.8 Å². The van der Waals surface area contributed by atoms with Gasteiger partial charge in [-0.3, -0.25) is 0 Å². The first kappa shape index (κ1) is 13.7. The third-order valence-electron chi connectivity index (χ3n) is 2.71. The minimum atomic E-state index is 0.813. The molecule has 1 heterocycles. The number of anilines is 3. The van der Waals surface area contributed by atoms with Crippen molar-refractivity contribution in [2.45, 2.75) is 18.2 Å². The van der Waals surface area contributed by atoms with Gasteiger partial charge in [-0.1, -0.05) is 6.92 Å². The summed E-state index contributed by atoms with van der Waals surface area (Å²) in [5, 5.41) is 6.36. The van der Waals surface area contributed by atoms with Crippen LogP contribution in [0.5, 0.6) is 0 Å². The average Bonchev–Trinajstić information content (AvgIpc) is 2.47. The molecule has 0 saturated heterocycles. The molecule has 0 amide bonds. The molecule has 5 heteroatoms. The average molecular weight is 274 g/mol. The van der Waals surface area contributed by atoms with Crippen LogP contribution >= 0.6 is 11.8 Å². The summed E-state index contributed by atoms with van der Waals surface area (Å²) in [7, 11) is 1.86. The highest BCUT2D eigenvalue weighted by Gasteiger charge is 2.03. The molecule has 0 atom stereocenters. The number of aryl methyl sites for hydroxylation is 1. The second kappa shape index (κ2) is 6.43. The first-order valence-electron chi connectivity index (χ1n) is 6.22. The summed E-state index contributed by atoms with van der Waals surface area (Å²) >= 11 is 1.73. The Bertz CT molecular complexity index is 517. The lowest BCUT2D eigenvalue weighted by molar-refractivity contribution is 0.944. The molecule has 2 aromatic rings. The van der Waals surface area contributed by atoms with Crippen LogP contribution in [-0.4, -0.2) is 23.3 Å².